The van der Waals surface area contributed by atoms with Gasteiger partial charge in [0.25, 0.3) is 0 Å². The average molecular weight is 324 g/mol. The second kappa shape index (κ2) is 6.75. The van der Waals surface area contributed by atoms with Crippen molar-refractivity contribution in [1.82, 2.24) is 0 Å². The average Bonchev–Trinajstić information content (AvgIpc) is 2.74. The van der Waals surface area contributed by atoms with Crippen LogP contribution in [-0.4, -0.2) is 13.1 Å². The smallest absolute Gasteiger partial charge is 0.337 e. The highest BCUT2D eigenvalue weighted by Gasteiger charge is 2.19. The molecule has 1 heterocycles. The Bertz CT molecular complexity index is 791. The quantitative estimate of drug-likeness (QED) is 0.766. The molecule has 0 amide bonds. The number of cyclic esters (lactones) is 1. The molecule has 0 saturated heterocycles. The Morgan fingerprint density at radius 2 is 1.74 bits per heavy atom. The Kier molecular flexibility index (Phi) is 4.53. The number of allylic oxidation sites excluding steroid dienone is 1. The summed E-state index contributed by atoms with van der Waals surface area (Å²) in [5.41, 5.74) is 1.83. The van der Waals surface area contributed by atoms with Crippen molar-refractivity contribution < 1.29 is 14.3 Å². The fourth-order valence-electron chi connectivity index (χ4n) is 2.32. The summed E-state index contributed by atoms with van der Waals surface area (Å²) in [6.07, 6.45) is 1.53. The van der Waals surface area contributed by atoms with Gasteiger partial charge in [0, 0.05) is 21.4 Å². The lowest BCUT2D eigenvalue weighted by molar-refractivity contribution is -0.131. The molecule has 1 aliphatic rings. The standard InChI is InChI=1S/C19H16O3S/c1-13-19(14-7-4-3-5-8-14)22-18(20)12-17(23-13)15-9-6-10-16(11-15)21-2/h3-12H,1-2H3. The van der Waals surface area contributed by atoms with Crippen LogP contribution in [0.25, 0.3) is 10.7 Å². The zero-order valence-electron chi connectivity index (χ0n) is 12.9. The van der Waals surface area contributed by atoms with Crippen LogP contribution in [-0.2, 0) is 9.53 Å². The van der Waals surface area contributed by atoms with Crippen LogP contribution in [0.5, 0.6) is 5.75 Å². The summed E-state index contributed by atoms with van der Waals surface area (Å²) in [6.45, 7) is 1.96. The van der Waals surface area contributed by atoms with Gasteiger partial charge in [0.05, 0.1) is 7.11 Å². The lowest BCUT2D eigenvalue weighted by Crippen LogP contribution is -2.00. The molecule has 0 radical (unpaired) electrons. The van der Waals surface area contributed by atoms with E-state index < -0.39 is 0 Å². The molecule has 1 aliphatic heterocycles. The molecule has 0 bridgehead atoms. The number of rotatable bonds is 3. The second-order valence-electron chi connectivity index (χ2n) is 5.02. The minimum atomic E-state index is -0.369. The van der Waals surface area contributed by atoms with Gasteiger partial charge in [-0.2, -0.15) is 0 Å². The van der Waals surface area contributed by atoms with Gasteiger partial charge in [-0.15, -0.1) is 0 Å². The van der Waals surface area contributed by atoms with E-state index in [1.54, 1.807) is 7.11 Å². The van der Waals surface area contributed by atoms with E-state index in [-0.39, 0.29) is 5.97 Å². The minimum Gasteiger partial charge on any atom is -0.497 e. The monoisotopic (exact) mass is 324 g/mol. The third-order valence-corrected chi connectivity index (χ3v) is 4.49. The summed E-state index contributed by atoms with van der Waals surface area (Å²) in [4.78, 5) is 14.0. The predicted molar refractivity (Wildman–Crippen MR) is 93.7 cm³/mol. The van der Waals surface area contributed by atoms with E-state index in [4.69, 9.17) is 9.47 Å². The molecule has 2 aromatic carbocycles. The van der Waals surface area contributed by atoms with Gasteiger partial charge in [0.2, 0.25) is 0 Å². The number of carbonyl (C=O) groups excluding carboxylic acids is 1. The predicted octanol–water partition coefficient (Wildman–Crippen LogP) is 4.71. The van der Waals surface area contributed by atoms with Crippen LogP contribution < -0.4 is 4.74 Å². The highest BCUT2D eigenvalue weighted by Crippen LogP contribution is 2.40. The van der Waals surface area contributed by atoms with Crippen LogP contribution in [0, 0.1) is 0 Å². The molecule has 0 aliphatic carbocycles. The zero-order chi connectivity index (χ0) is 16.2. The molecule has 23 heavy (non-hydrogen) atoms. The highest BCUT2D eigenvalue weighted by atomic mass is 32.2. The maximum Gasteiger partial charge on any atom is 0.337 e. The number of esters is 1. The Morgan fingerprint density at radius 3 is 2.48 bits per heavy atom. The van der Waals surface area contributed by atoms with Crippen molar-refractivity contribution in [1.29, 1.82) is 0 Å². The minimum absolute atomic E-state index is 0.369. The van der Waals surface area contributed by atoms with Gasteiger partial charge < -0.3 is 9.47 Å². The first-order valence-electron chi connectivity index (χ1n) is 7.19. The van der Waals surface area contributed by atoms with Crippen LogP contribution in [0.4, 0.5) is 0 Å². The molecule has 0 saturated carbocycles. The number of hydrogen-bond acceptors (Lipinski definition) is 4. The maximum absolute atomic E-state index is 12.2. The van der Waals surface area contributed by atoms with E-state index in [0.717, 1.165) is 26.7 Å². The zero-order valence-corrected chi connectivity index (χ0v) is 13.7. The lowest BCUT2D eigenvalue weighted by Gasteiger charge is -2.10. The van der Waals surface area contributed by atoms with Crippen molar-refractivity contribution in [3.05, 3.63) is 76.7 Å². The molecule has 116 valence electrons. The fraction of sp³-hybridized carbons (Fsp3) is 0.105. The summed E-state index contributed by atoms with van der Waals surface area (Å²) < 4.78 is 10.8. The van der Waals surface area contributed by atoms with E-state index in [1.807, 2.05) is 61.5 Å². The Labute approximate surface area is 139 Å². The van der Waals surface area contributed by atoms with Crippen LogP contribution in [0.3, 0.4) is 0 Å². The summed E-state index contributed by atoms with van der Waals surface area (Å²) in [5.74, 6) is 0.993. The van der Waals surface area contributed by atoms with Gasteiger partial charge in [0.15, 0.2) is 0 Å². The van der Waals surface area contributed by atoms with Crippen molar-refractivity contribution in [3.63, 3.8) is 0 Å². The van der Waals surface area contributed by atoms with E-state index >= 15 is 0 Å². The van der Waals surface area contributed by atoms with E-state index in [2.05, 4.69) is 0 Å². The molecule has 0 spiro atoms. The molecule has 2 aromatic rings. The molecule has 0 unspecified atom stereocenters. The molecule has 0 N–H and O–H groups in total. The molecule has 0 aromatic heterocycles. The highest BCUT2D eigenvalue weighted by molar-refractivity contribution is 8.11. The van der Waals surface area contributed by atoms with Crippen molar-refractivity contribution in [3.8, 4) is 5.75 Å². The van der Waals surface area contributed by atoms with Crippen molar-refractivity contribution >= 4 is 28.4 Å². The third-order valence-electron chi connectivity index (χ3n) is 3.42. The van der Waals surface area contributed by atoms with Crippen LogP contribution >= 0.6 is 11.8 Å². The van der Waals surface area contributed by atoms with Gasteiger partial charge in [-0.05, 0) is 24.6 Å². The lowest BCUT2D eigenvalue weighted by atomic mass is 10.2. The molecule has 0 atom stereocenters. The summed E-state index contributed by atoms with van der Waals surface area (Å²) in [5, 5.41) is 0. The number of carbonyl (C=O) groups is 1. The first kappa shape index (κ1) is 15.4. The van der Waals surface area contributed by atoms with Gasteiger partial charge in [-0.25, -0.2) is 4.79 Å². The van der Waals surface area contributed by atoms with Crippen molar-refractivity contribution in [2.45, 2.75) is 6.92 Å². The Morgan fingerprint density at radius 1 is 1.00 bits per heavy atom. The van der Waals surface area contributed by atoms with Gasteiger partial charge in [-0.1, -0.05) is 54.2 Å². The molecule has 3 nitrogen and oxygen atoms in total. The topological polar surface area (TPSA) is 35.5 Å². The Balaban J connectivity index is 1.99. The maximum atomic E-state index is 12.2. The van der Waals surface area contributed by atoms with Crippen molar-refractivity contribution in [2.75, 3.05) is 7.11 Å². The van der Waals surface area contributed by atoms with Gasteiger partial charge in [-0.3, -0.25) is 0 Å². The molecule has 4 heteroatoms. The van der Waals surface area contributed by atoms with Crippen LogP contribution in [0.15, 0.2) is 65.6 Å². The fourth-order valence-corrected chi connectivity index (χ4v) is 3.30. The summed E-state index contributed by atoms with van der Waals surface area (Å²) in [6, 6.07) is 17.3. The summed E-state index contributed by atoms with van der Waals surface area (Å²) in [7, 11) is 1.63. The number of thioether (sulfide) groups is 1. The first-order valence-corrected chi connectivity index (χ1v) is 8.01. The normalized spacial score (nSPS) is 14.9. The second-order valence-corrected chi connectivity index (χ2v) is 6.27. The van der Waals surface area contributed by atoms with Gasteiger partial charge >= 0.3 is 5.97 Å². The molecular weight excluding hydrogens is 308 g/mol. The number of ether oxygens (including phenoxy) is 2. The Hall–Kier alpha value is -2.46. The first-order chi connectivity index (χ1) is 11.2. The van der Waals surface area contributed by atoms with E-state index in [1.165, 1.54) is 17.8 Å². The third kappa shape index (κ3) is 3.48. The van der Waals surface area contributed by atoms with E-state index in [9.17, 15) is 4.79 Å². The number of methoxy groups -OCH3 is 1. The van der Waals surface area contributed by atoms with Crippen molar-refractivity contribution in [2.24, 2.45) is 0 Å². The number of benzene rings is 2. The van der Waals surface area contributed by atoms with Crippen LogP contribution in [0.1, 0.15) is 18.1 Å². The molecule has 3 rings (SSSR count). The van der Waals surface area contributed by atoms with E-state index in [0.29, 0.717) is 5.76 Å². The number of hydrogen-bond donors (Lipinski definition) is 0. The SMILES string of the molecule is COc1cccc(C2=CC(=O)OC(c3ccccc3)=C(C)S2)c1. The van der Waals surface area contributed by atoms with Gasteiger partial charge in [0.1, 0.15) is 11.5 Å². The molecule has 0 fully saturated rings. The van der Waals surface area contributed by atoms with Crippen LogP contribution in [0.2, 0.25) is 0 Å². The molecular formula is C19H16O3S. The largest absolute Gasteiger partial charge is 0.497 e. The summed E-state index contributed by atoms with van der Waals surface area (Å²) >= 11 is 1.53.